The topological polar surface area (TPSA) is 29.1 Å². The maximum absolute atomic E-state index is 11.7. The first kappa shape index (κ1) is 12.3. The summed E-state index contributed by atoms with van der Waals surface area (Å²) in [6, 6.07) is 7.51. The fourth-order valence-corrected chi connectivity index (χ4v) is 1.20. The molecule has 82 valence electrons. The van der Waals surface area contributed by atoms with Gasteiger partial charge in [0.25, 0.3) is 0 Å². The number of anilines is 1. The third-order valence-electron chi connectivity index (χ3n) is 2.12. The van der Waals surface area contributed by atoms with Crippen LogP contribution in [-0.2, 0) is 4.79 Å². The summed E-state index contributed by atoms with van der Waals surface area (Å²) < 4.78 is 0. The summed E-state index contributed by atoms with van der Waals surface area (Å²) >= 11 is 11.5. The van der Waals surface area contributed by atoms with E-state index in [-0.39, 0.29) is 11.8 Å². The molecule has 0 bridgehead atoms. The van der Waals surface area contributed by atoms with Gasteiger partial charge in [0.05, 0.1) is 5.88 Å². The second-order valence-electron chi connectivity index (χ2n) is 3.60. The molecule has 2 nitrogen and oxygen atoms in total. The van der Waals surface area contributed by atoms with Crippen LogP contribution in [0.15, 0.2) is 24.3 Å². The van der Waals surface area contributed by atoms with Crippen LogP contribution < -0.4 is 5.32 Å². The summed E-state index contributed by atoms with van der Waals surface area (Å²) in [6.45, 7) is 3.51. The van der Waals surface area contributed by atoms with Gasteiger partial charge in [0.15, 0.2) is 0 Å². The molecule has 0 saturated heterocycles. The Balaban J connectivity index is 2.80. The van der Waals surface area contributed by atoms with E-state index in [1.165, 1.54) is 0 Å². The minimum Gasteiger partial charge on any atom is -0.324 e. The van der Waals surface area contributed by atoms with Crippen LogP contribution in [0.25, 0.3) is 0 Å². The first-order valence-corrected chi connectivity index (χ1v) is 5.50. The normalized spacial score (nSPS) is 14.4. The van der Waals surface area contributed by atoms with Crippen LogP contribution in [0.1, 0.15) is 12.5 Å². The van der Waals surface area contributed by atoms with Crippen LogP contribution in [0.5, 0.6) is 0 Å². The van der Waals surface area contributed by atoms with Crippen molar-refractivity contribution in [3.63, 3.8) is 0 Å². The number of rotatable bonds is 3. The first-order chi connectivity index (χ1) is 6.97. The van der Waals surface area contributed by atoms with Crippen LogP contribution in [-0.4, -0.2) is 16.7 Å². The molecule has 0 aliphatic heterocycles. The van der Waals surface area contributed by atoms with Gasteiger partial charge in [-0.25, -0.2) is 0 Å². The summed E-state index contributed by atoms with van der Waals surface area (Å²) in [5.41, 5.74) is 1.76. The van der Waals surface area contributed by atoms with Crippen molar-refractivity contribution in [1.29, 1.82) is 0 Å². The highest BCUT2D eigenvalue weighted by molar-refractivity contribution is 6.40. The Morgan fingerprint density at radius 1 is 1.47 bits per heavy atom. The van der Waals surface area contributed by atoms with E-state index in [1.807, 2.05) is 31.2 Å². The van der Waals surface area contributed by atoms with Crippen LogP contribution in [0.3, 0.4) is 0 Å². The Labute approximate surface area is 99.6 Å². The number of amides is 1. The molecule has 1 aromatic rings. The quantitative estimate of drug-likeness (QED) is 0.815. The molecule has 15 heavy (non-hydrogen) atoms. The van der Waals surface area contributed by atoms with Crippen LogP contribution in [0.4, 0.5) is 5.69 Å². The number of hydrogen-bond donors (Lipinski definition) is 1. The van der Waals surface area contributed by atoms with Crippen molar-refractivity contribution in [3.05, 3.63) is 29.8 Å². The van der Waals surface area contributed by atoms with Gasteiger partial charge in [-0.3, -0.25) is 4.79 Å². The zero-order valence-corrected chi connectivity index (χ0v) is 10.2. The second kappa shape index (κ2) is 4.86. The number of hydrogen-bond acceptors (Lipinski definition) is 1. The van der Waals surface area contributed by atoms with Gasteiger partial charge in [0, 0.05) is 5.69 Å². The third kappa shape index (κ3) is 3.11. The maximum atomic E-state index is 11.7. The maximum Gasteiger partial charge on any atom is 0.246 e. The van der Waals surface area contributed by atoms with Crippen molar-refractivity contribution in [1.82, 2.24) is 0 Å². The average Bonchev–Trinajstić information content (AvgIpc) is 2.21. The Hall–Kier alpha value is -0.730. The minimum absolute atomic E-state index is 0.0757. The summed E-state index contributed by atoms with van der Waals surface area (Å²) in [4.78, 5) is 10.6. The molecule has 0 heterocycles. The largest absolute Gasteiger partial charge is 0.324 e. The van der Waals surface area contributed by atoms with E-state index < -0.39 is 4.87 Å². The number of nitrogens with one attached hydrogen (secondary N) is 1. The van der Waals surface area contributed by atoms with Crippen LogP contribution in [0.2, 0.25) is 0 Å². The molecule has 0 saturated carbocycles. The zero-order chi connectivity index (χ0) is 11.5. The Kier molecular flexibility index (Phi) is 4.00. The average molecular weight is 246 g/mol. The molecule has 0 aliphatic rings. The second-order valence-corrected chi connectivity index (χ2v) is 4.70. The number of aryl methyl sites for hydroxylation is 1. The molecule has 0 spiro atoms. The van der Waals surface area contributed by atoms with E-state index >= 15 is 0 Å². The van der Waals surface area contributed by atoms with E-state index in [0.29, 0.717) is 0 Å². The van der Waals surface area contributed by atoms with E-state index in [1.54, 1.807) is 6.92 Å². The van der Waals surface area contributed by atoms with Gasteiger partial charge in [-0.1, -0.05) is 18.2 Å². The highest BCUT2D eigenvalue weighted by Crippen LogP contribution is 2.20. The fraction of sp³-hybridized carbons (Fsp3) is 0.364. The van der Waals surface area contributed by atoms with Crippen molar-refractivity contribution in [2.24, 2.45) is 0 Å². The summed E-state index contributed by atoms with van der Waals surface area (Å²) in [7, 11) is 0. The van der Waals surface area contributed by atoms with Gasteiger partial charge in [-0.05, 0) is 25.5 Å². The lowest BCUT2D eigenvalue weighted by Gasteiger charge is -2.18. The highest BCUT2D eigenvalue weighted by Gasteiger charge is 2.29. The molecule has 1 N–H and O–H groups in total. The molecule has 1 atom stereocenters. The lowest BCUT2D eigenvalue weighted by atomic mass is 10.1. The molecule has 0 aromatic heterocycles. The van der Waals surface area contributed by atoms with Crippen LogP contribution in [0, 0.1) is 6.92 Å². The smallest absolute Gasteiger partial charge is 0.246 e. The third-order valence-corrected chi connectivity index (χ3v) is 3.09. The predicted molar refractivity (Wildman–Crippen MR) is 64.8 cm³/mol. The van der Waals surface area contributed by atoms with E-state index in [0.717, 1.165) is 11.3 Å². The highest BCUT2D eigenvalue weighted by atomic mass is 35.5. The van der Waals surface area contributed by atoms with Gasteiger partial charge < -0.3 is 5.32 Å². The van der Waals surface area contributed by atoms with Gasteiger partial charge in [0.1, 0.15) is 4.87 Å². The Bertz CT molecular complexity index is 363. The standard InChI is InChI=1S/C11H13Cl2NO/c1-8-5-3-4-6-9(8)14-10(15)11(2,13)7-12/h3-6H,7H2,1-2H3,(H,14,15)/t11-/m0/s1. The van der Waals surface area contributed by atoms with Crippen molar-refractivity contribution in [3.8, 4) is 0 Å². The number of halogens is 2. The van der Waals surface area contributed by atoms with Gasteiger partial charge >= 0.3 is 0 Å². The predicted octanol–water partition coefficient (Wildman–Crippen LogP) is 3.17. The molecule has 0 unspecified atom stereocenters. The van der Waals surface area contributed by atoms with Crippen molar-refractivity contribution >= 4 is 34.8 Å². The van der Waals surface area contributed by atoms with E-state index in [9.17, 15) is 4.79 Å². The van der Waals surface area contributed by atoms with E-state index in [2.05, 4.69) is 5.32 Å². The molecular weight excluding hydrogens is 233 g/mol. The molecule has 0 radical (unpaired) electrons. The van der Waals surface area contributed by atoms with Gasteiger partial charge in [-0.15, -0.1) is 23.2 Å². The molecule has 1 rings (SSSR count). The van der Waals surface area contributed by atoms with Gasteiger partial charge in [-0.2, -0.15) is 0 Å². The number of carbonyl (C=O) groups is 1. The van der Waals surface area contributed by atoms with Crippen molar-refractivity contribution < 1.29 is 4.79 Å². The summed E-state index contributed by atoms with van der Waals surface area (Å²) in [5.74, 6) is -0.208. The number of alkyl halides is 2. The number of benzene rings is 1. The lowest BCUT2D eigenvalue weighted by Crippen LogP contribution is -2.36. The molecule has 0 aliphatic carbocycles. The number of para-hydroxylation sites is 1. The fourth-order valence-electron chi connectivity index (χ4n) is 1.03. The molecule has 1 amide bonds. The minimum atomic E-state index is -1.07. The Morgan fingerprint density at radius 2 is 2.07 bits per heavy atom. The summed E-state index contributed by atoms with van der Waals surface area (Å²) in [6.07, 6.45) is 0. The number of carbonyl (C=O) groups excluding carboxylic acids is 1. The zero-order valence-electron chi connectivity index (χ0n) is 8.68. The Morgan fingerprint density at radius 3 is 2.60 bits per heavy atom. The monoisotopic (exact) mass is 245 g/mol. The molecular formula is C11H13Cl2NO. The molecule has 0 fully saturated rings. The van der Waals surface area contributed by atoms with E-state index in [4.69, 9.17) is 23.2 Å². The lowest BCUT2D eigenvalue weighted by molar-refractivity contribution is -0.117. The SMILES string of the molecule is Cc1ccccc1NC(=O)[C@@](C)(Cl)CCl. The van der Waals surface area contributed by atoms with Crippen molar-refractivity contribution in [2.75, 3.05) is 11.2 Å². The molecule has 4 heteroatoms. The first-order valence-electron chi connectivity index (χ1n) is 4.59. The van der Waals surface area contributed by atoms with Gasteiger partial charge in [0.2, 0.25) is 5.91 Å². The van der Waals surface area contributed by atoms with Crippen LogP contribution >= 0.6 is 23.2 Å². The molecule has 1 aromatic carbocycles. The van der Waals surface area contributed by atoms with Crippen molar-refractivity contribution in [2.45, 2.75) is 18.7 Å². The summed E-state index contributed by atoms with van der Waals surface area (Å²) in [5, 5.41) is 2.75.